The standard InChI is InChI=1S/C14H21N3O3/c1-19-11-4-3-10(13(7-11)20-2)8-17-14(18)12-9-15-5-6-16-12/h3-4,7,12,15-16H,5-6,8-9H2,1-2H3,(H,17,18). The number of amides is 1. The van der Waals surface area contributed by atoms with E-state index in [0.717, 1.165) is 24.4 Å². The number of hydrogen-bond acceptors (Lipinski definition) is 5. The zero-order valence-corrected chi connectivity index (χ0v) is 11.9. The van der Waals surface area contributed by atoms with E-state index in [0.29, 0.717) is 18.8 Å². The van der Waals surface area contributed by atoms with Gasteiger partial charge in [-0.05, 0) is 12.1 Å². The fourth-order valence-corrected chi connectivity index (χ4v) is 2.14. The van der Waals surface area contributed by atoms with Crippen LogP contribution >= 0.6 is 0 Å². The van der Waals surface area contributed by atoms with Gasteiger partial charge in [0.25, 0.3) is 0 Å². The van der Waals surface area contributed by atoms with Gasteiger partial charge in [-0.15, -0.1) is 0 Å². The Balaban J connectivity index is 1.94. The summed E-state index contributed by atoms with van der Waals surface area (Å²) in [5, 5.41) is 9.28. The molecular formula is C14H21N3O3. The maximum absolute atomic E-state index is 12.0. The van der Waals surface area contributed by atoms with E-state index in [1.165, 1.54) is 0 Å². The summed E-state index contributed by atoms with van der Waals surface area (Å²) in [6.45, 7) is 2.80. The SMILES string of the molecule is COc1ccc(CNC(=O)C2CNCCN2)c(OC)c1. The van der Waals surface area contributed by atoms with Crippen LogP contribution in [0.5, 0.6) is 11.5 Å². The summed E-state index contributed by atoms with van der Waals surface area (Å²) in [5.74, 6) is 1.43. The van der Waals surface area contributed by atoms with Crippen molar-refractivity contribution in [2.24, 2.45) is 0 Å². The van der Waals surface area contributed by atoms with Gasteiger partial charge >= 0.3 is 0 Å². The molecule has 1 aliphatic heterocycles. The van der Waals surface area contributed by atoms with Crippen LogP contribution in [0.2, 0.25) is 0 Å². The van der Waals surface area contributed by atoms with E-state index in [1.807, 2.05) is 18.2 Å². The second-order valence-corrected chi connectivity index (χ2v) is 4.61. The molecule has 1 saturated heterocycles. The first kappa shape index (κ1) is 14.6. The number of carbonyl (C=O) groups excluding carboxylic acids is 1. The van der Waals surface area contributed by atoms with Gasteiger partial charge in [0.15, 0.2) is 0 Å². The van der Waals surface area contributed by atoms with Crippen LogP contribution in [-0.2, 0) is 11.3 Å². The lowest BCUT2D eigenvalue weighted by molar-refractivity contribution is -0.123. The summed E-state index contributed by atoms with van der Waals surface area (Å²) in [6, 6.07) is 5.38. The lowest BCUT2D eigenvalue weighted by Crippen LogP contribution is -2.55. The molecule has 0 saturated carbocycles. The van der Waals surface area contributed by atoms with Gasteiger partial charge in [0, 0.05) is 37.8 Å². The molecule has 0 aromatic heterocycles. The average molecular weight is 279 g/mol. The highest BCUT2D eigenvalue weighted by atomic mass is 16.5. The smallest absolute Gasteiger partial charge is 0.238 e. The van der Waals surface area contributed by atoms with Crippen molar-refractivity contribution in [2.75, 3.05) is 33.9 Å². The number of hydrogen-bond donors (Lipinski definition) is 3. The quantitative estimate of drug-likeness (QED) is 0.701. The molecule has 6 heteroatoms. The summed E-state index contributed by atoms with van der Waals surface area (Å²) in [6.07, 6.45) is 0. The minimum atomic E-state index is -0.173. The van der Waals surface area contributed by atoms with Gasteiger partial charge < -0.3 is 25.4 Å². The zero-order valence-electron chi connectivity index (χ0n) is 11.9. The maximum atomic E-state index is 12.0. The molecular weight excluding hydrogens is 258 g/mol. The molecule has 2 rings (SSSR count). The van der Waals surface area contributed by atoms with E-state index in [-0.39, 0.29) is 11.9 Å². The van der Waals surface area contributed by atoms with Crippen molar-refractivity contribution in [3.05, 3.63) is 23.8 Å². The number of rotatable bonds is 5. The van der Waals surface area contributed by atoms with Crippen molar-refractivity contribution in [3.63, 3.8) is 0 Å². The van der Waals surface area contributed by atoms with Crippen LogP contribution < -0.4 is 25.4 Å². The topological polar surface area (TPSA) is 71.6 Å². The van der Waals surface area contributed by atoms with Crippen molar-refractivity contribution in [1.29, 1.82) is 0 Å². The molecule has 1 amide bonds. The highest BCUT2D eigenvalue weighted by Crippen LogP contribution is 2.24. The fraction of sp³-hybridized carbons (Fsp3) is 0.500. The van der Waals surface area contributed by atoms with Crippen LogP contribution in [0.4, 0.5) is 0 Å². The lowest BCUT2D eigenvalue weighted by Gasteiger charge is -2.23. The number of benzene rings is 1. The number of carbonyl (C=O) groups is 1. The Morgan fingerprint density at radius 2 is 2.20 bits per heavy atom. The second-order valence-electron chi connectivity index (χ2n) is 4.61. The van der Waals surface area contributed by atoms with Gasteiger partial charge in [-0.2, -0.15) is 0 Å². The Kier molecular flexibility index (Phi) is 5.20. The Hall–Kier alpha value is -1.79. The Morgan fingerprint density at radius 1 is 1.35 bits per heavy atom. The van der Waals surface area contributed by atoms with Gasteiger partial charge in [0.2, 0.25) is 5.91 Å². The van der Waals surface area contributed by atoms with Gasteiger partial charge in [-0.1, -0.05) is 0 Å². The maximum Gasteiger partial charge on any atom is 0.238 e. The number of methoxy groups -OCH3 is 2. The van der Waals surface area contributed by atoms with Crippen LogP contribution in [0.1, 0.15) is 5.56 Å². The van der Waals surface area contributed by atoms with Crippen LogP contribution in [-0.4, -0.2) is 45.8 Å². The number of piperazine rings is 1. The summed E-state index contributed by atoms with van der Waals surface area (Å²) in [7, 11) is 3.21. The van der Waals surface area contributed by atoms with E-state index in [9.17, 15) is 4.79 Å². The number of nitrogens with one attached hydrogen (secondary N) is 3. The first-order valence-electron chi connectivity index (χ1n) is 6.67. The molecule has 6 nitrogen and oxygen atoms in total. The summed E-state index contributed by atoms with van der Waals surface area (Å²) in [4.78, 5) is 12.0. The molecule has 1 atom stereocenters. The van der Waals surface area contributed by atoms with Gasteiger partial charge in [0.1, 0.15) is 11.5 Å². The van der Waals surface area contributed by atoms with E-state index in [1.54, 1.807) is 14.2 Å². The normalized spacial score (nSPS) is 18.4. The molecule has 1 heterocycles. The monoisotopic (exact) mass is 279 g/mol. The van der Waals surface area contributed by atoms with Crippen LogP contribution in [0, 0.1) is 0 Å². The fourth-order valence-electron chi connectivity index (χ4n) is 2.14. The summed E-state index contributed by atoms with van der Waals surface area (Å²) >= 11 is 0. The van der Waals surface area contributed by atoms with Crippen LogP contribution in [0.15, 0.2) is 18.2 Å². The molecule has 1 fully saturated rings. The molecule has 0 radical (unpaired) electrons. The molecule has 0 spiro atoms. The Morgan fingerprint density at radius 3 is 2.85 bits per heavy atom. The highest BCUT2D eigenvalue weighted by Gasteiger charge is 2.20. The van der Waals surface area contributed by atoms with Crippen molar-refractivity contribution < 1.29 is 14.3 Å². The zero-order chi connectivity index (χ0) is 14.4. The van der Waals surface area contributed by atoms with Crippen molar-refractivity contribution in [3.8, 4) is 11.5 Å². The van der Waals surface area contributed by atoms with Crippen LogP contribution in [0.25, 0.3) is 0 Å². The summed E-state index contributed by atoms with van der Waals surface area (Å²) < 4.78 is 10.5. The second kappa shape index (κ2) is 7.12. The summed E-state index contributed by atoms with van der Waals surface area (Å²) in [5.41, 5.74) is 0.922. The minimum Gasteiger partial charge on any atom is -0.497 e. The molecule has 1 aromatic rings. The van der Waals surface area contributed by atoms with E-state index in [2.05, 4.69) is 16.0 Å². The number of ether oxygens (including phenoxy) is 2. The van der Waals surface area contributed by atoms with E-state index >= 15 is 0 Å². The predicted octanol–water partition coefficient (Wildman–Crippen LogP) is -0.119. The molecule has 0 aliphatic carbocycles. The Bertz CT molecular complexity index is 459. The molecule has 1 aromatic carbocycles. The Labute approximate surface area is 118 Å². The van der Waals surface area contributed by atoms with Gasteiger partial charge in [0.05, 0.1) is 20.3 Å². The highest BCUT2D eigenvalue weighted by molar-refractivity contribution is 5.82. The molecule has 3 N–H and O–H groups in total. The van der Waals surface area contributed by atoms with Crippen molar-refractivity contribution in [2.45, 2.75) is 12.6 Å². The predicted molar refractivity (Wildman–Crippen MR) is 76.1 cm³/mol. The van der Waals surface area contributed by atoms with Gasteiger partial charge in [-0.25, -0.2) is 0 Å². The van der Waals surface area contributed by atoms with E-state index < -0.39 is 0 Å². The van der Waals surface area contributed by atoms with E-state index in [4.69, 9.17) is 9.47 Å². The molecule has 110 valence electrons. The molecule has 1 aliphatic rings. The third kappa shape index (κ3) is 3.61. The molecule has 0 bridgehead atoms. The largest absolute Gasteiger partial charge is 0.497 e. The molecule has 1 unspecified atom stereocenters. The third-order valence-electron chi connectivity index (χ3n) is 3.30. The van der Waals surface area contributed by atoms with Crippen LogP contribution in [0.3, 0.4) is 0 Å². The first-order valence-corrected chi connectivity index (χ1v) is 6.67. The molecule has 20 heavy (non-hydrogen) atoms. The van der Waals surface area contributed by atoms with Crippen molar-refractivity contribution in [1.82, 2.24) is 16.0 Å². The average Bonchev–Trinajstić information content (AvgIpc) is 2.53. The van der Waals surface area contributed by atoms with Gasteiger partial charge in [-0.3, -0.25) is 4.79 Å². The lowest BCUT2D eigenvalue weighted by atomic mass is 10.1. The minimum absolute atomic E-state index is 0.00456. The first-order chi connectivity index (χ1) is 9.74. The third-order valence-corrected chi connectivity index (χ3v) is 3.30. The van der Waals surface area contributed by atoms with Crippen molar-refractivity contribution >= 4 is 5.91 Å².